The summed E-state index contributed by atoms with van der Waals surface area (Å²) in [7, 11) is 0. The highest BCUT2D eigenvalue weighted by Gasteiger charge is 2.53. The number of benzene rings is 11. The molecule has 1 aromatic heterocycles. The van der Waals surface area contributed by atoms with Crippen molar-refractivity contribution in [1.29, 1.82) is 0 Å². The van der Waals surface area contributed by atoms with Gasteiger partial charge in [0.1, 0.15) is 0 Å². The van der Waals surface area contributed by atoms with E-state index in [0.717, 1.165) is 17.1 Å². The second-order valence-electron chi connectivity index (χ2n) is 23.0. The van der Waals surface area contributed by atoms with E-state index >= 15 is 0 Å². The first-order chi connectivity index (χ1) is 39.4. The van der Waals surface area contributed by atoms with Gasteiger partial charge in [0.2, 0.25) is 6.71 Å². The van der Waals surface area contributed by atoms with Gasteiger partial charge in [-0.25, -0.2) is 0 Å². The number of rotatable bonds is 6. The summed E-state index contributed by atoms with van der Waals surface area (Å²) in [5.74, 6) is 0.638. The maximum absolute atomic E-state index is 2.74. The lowest BCUT2D eigenvalue weighted by molar-refractivity contribution is 0.845. The Kier molecular flexibility index (Phi) is 9.93. The molecular weight excluding hydrogens is 985 g/mol. The van der Waals surface area contributed by atoms with Crippen LogP contribution in [0.3, 0.4) is 0 Å². The minimum absolute atomic E-state index is 0.00746. The van der Waals surface area contributed by atoms with Crippen molar-refractivity contribution in [2.24, 2.45) is 0 Å². The van der Waals surface area contributed by atoms with Gasteiger partial charge in [-0.3, -0.25) is 0 Å². The van der Waals surface area contributed by atoms with Crippen molar-refractivity contribution < 1.29 is 0 Å². The quantitative estimate of drug-likeness (QED) is 0.154. The topological polar surface area (TPSA) is 13.0 Å². The molecule has 0 radical (unpaired) electrons. The van der Waals surface area contributed by atoms with Gasteiger partial charge in [-0.1, -0.05) is 191 Å². The average molecular weight is 1040 g/mol. The molecule has 17 rings (SSSR count). The number of hydrogen-bond acceptors (Lipinski definition) is 5. The molecule has 0 fully saturated rings. The van der Waals surface area contributed by atoms with Gasteiger partial charge in [-0.05, 0) is 146 Å². The minimum Gasteiger partial charge on any atom is -0.312 e. The van der Waals surface area contributed by atoms with Crippen molar-refractivity contribution in [3.63, 3.8) is 0 Å². The van der Waals surface area contributed by atoms with Crippen LogP contribution >= 0.6 is 11.3 Å². The predicted molar refractivity (Wildman–Crippen MR) is 347 cm³/mol. The summed E-state index contributed by atoms with van der Waals surface area (Å²) in [5, 5.41) is 2.64. The summed E-state index contributed by atoms with van der Waals surface area (Å²) in [5.41, 5.74) is 29.5. The SMILES string of the molecule is CC(C)c1cccc(C(C)C)c1B1c2ccccc2N(c2ccccc2)c2cc3c(cc21)B1c2ccc4sc5ccccc5c4c2N2c4ccccc4B4c5ccccc5N(c5ccccc5)c5cc(c1c2c54)N3c1ccccc1. The first-order valence-electron chi connectivity index (χ1n) is 28.5. The molecule has 12 aromatic rings. The van der Waals surface area contributed by atoms with Crippen molar-refractivity contribution >= 4 is 169 Å². The molecule has 0 N–H and O–H groups in total. The van der Waals surface area contributed by atoms with Gasteiger partial charge in [0, 0.05) is 82.7 Å². The Hall–Kier alpha value is -8.97. The van der Waals surface area contributed by atoms with Crippen LogP contribution in [0.15, 0.2) is 237 Å². The Morgan fingerprint density at radius 1 is 0.300 bits per heavy atom. The minimum atomic E-state index is -0.124. The van der Waals surface area contributed by atoms with Crippen molar-refractivity contribution in [2.75, 3.05) is 19.6 Å². The molecular formula is C72H53B3N4S. The Labute approximate surface area is 473 Å². The number of fused-ring (bicyclic) bond motifs is 16. The van der Waals surface area contributed by atoms with Crippen LogP contribution in [0.25, 0.3) is 20.2 Å². The van der Waals surface area contributed by atoms with Gasteiger partial charge >= 0.3 is 0 Å². The zero-order valence-electron chi connectivity index (χ0n) is 45.1. The molecule has 0 saturated carbocycles. The van der Waals surface area contributed by atoms with Crippen LogP contribution in [0.4, 0.5) is 68.2 Å². The Morgan fingerprint density at radius 2 is 0.725 bits per heavy atom. The standard InChI is InChI=1S/C72H53B3N4S/c1-44(2)49-30-22-31-50(45(3)4)68(49)74-53-33-16-18-35-58(53)76(46-23-8-5-9-24-46)61-42-62-57(41-56(61)74)75-55-39-40-66-67(51-29-14-21-38-65(51)80-66)71(55)79-60-37-20-17-34-54(60)73-52-32-15-19-36-59(52)77(47-25-10-6-11-26-47)63-43-64(70(75)72(79)69(63)73)78(62)48-27-12-7-13-28-48/h5-45H,1-4H3. The van der Waals surface area contributed by atoms with E-state index in [-0.39, 0.29) is 20.1 Å². The number of hydrogen-bond donors (Lipinski definition) is 0. The molecule has 0 saturated heterocycles. The Balaban J connectivity index is 1.07. The molecule has 11 aromatic carbocycles. The van der Waals surface area contributed by atoms with Crippen LogP contribution in [0, 0.1) is 0 Å². The van der Waals surface area contributed by atoms with Crippen LogP contribution in [0.1, 0.15) is 50.7 Å². The highest BCUT2D eigenvalue weighted by Crippen LogP contribution is 2.53. The zero-order chi connectivity index (χ0) is 53.1. The first-order valence-corrected chi connectivity index (χ1v) is 29.3. The van der Waals surface area contributed by atoms with E-state index in [1.54, 1.807) is 0 Å². The highest BCUT2D eigenvalue weighted by molar-refractivity contribution is 7.26. The fourth-order valence-corrected chi connectivity index (χ4v) is 16.2. The molecule has 0 bridgehead atoms. The van der Waals surface area contributed by atoms with E-state index in [1.165, 1.54) is 132 Å². The number of nitrogens with zero attached hydrogens (tertiary/aromatic N) is 4. The summed E-state index contributed by atoms with van der Waals surface area (Å²) in [4.78, 5) is 10.5. The van der Waals surface area contributed by atoms with Crippen molar-refractivity contribution in [2.45, 2.75) is 39.5 Å². The third-order valence-corrected chi connectivity index (χ3v) is 19.3. The van der Waals surface area contributed by atoms with Crippen molar-refractivity contribution in [1.82, 2.24) is 0 Å². The predicted octanol–water partition coefficient (Wildman–Crippen LogP) is 13.3. The van der Waals surface area contributed by atoms with Gasteiger partial charge in [0.15, 0.2) is 0 Å². The average Bonchev–Trinajstić information content (AvgIpc) is 3.94. The van der Waals surface area contributed by atoms with E-state index in [4.69, 9.17) is 0 Å². The zero-order valence-corrected chi connectivity index (χ0v) is 45.9. The van der Waals surface area contributed by atoms with Crippen LogP contribution in [-0.4, -0.2) is 20.1 Å². The summed E-state index contributed by atoms with van der Waals surface area (Å²) >= 11 is 1.92. The molecule has 8 heteroatoms. The third kappa shape index (κ3) is 6.25. The third-order valence-electron chi connectivity index (χ3n) is 18.2. The summed E-state index contributed by atoms with van der Waals surface area (Å²) in [6.07, 6.45) is 0. The number of para-hydroxylation sites is 6. The maximum Gasteiger partial charge on any atom is 0.252 e. The summed E-state index contributed by atoms with van der Waals surface area (Å²) in [6, 6.07) is 90.3. The van der Waals surface area contributed by atoms with Gasteiger partial charge in [-0.2, -0.15) is 0 Å². The normalized spacial score (nSPS) is 14.1. The van der Waals surface area contributed by atoms with Gasteiger partial charge in [-0.15, -0.1) is 11.3 Å². The molecule has 80 heavy (non-hydrogen) atoms. The monoisotopic (exact) mass is 1040 g/mol. The summed E-state index contributed by atoms with van der Waals surface area (Å²) < 4.78 is 2.62. The molecule has 5 aliphatic rings. The molecule has 0 amide bonds. The van der Waals surface area contributed by atoms with Crippen LogP contribution in [0.5, 0.6) is 0 Å². The Bertz CT molecular complexity index is 4530. The first kappa shape index (κ1) is 46.0. The van der Waals surface area contributed by atoms with E-state index < -0.39 is 0 Å². The molecule has 6 heterocycles. The lowest BCUT2D eigenvalue weighted by Gasteiger charge is -2.51. The second kappa shape index (κ2) is 17.3. The fraction of sp³-hybridized carbons (Fsp3) is 0.0833. The number of thiophene rings is 1. The van der Waals surface area contributed by atoms with E-state index in [1.807, 2.05) is 11.3 Å². The highest BCUT2D eigenvalue weighted by atomic mass is 32.1. The van der Waals surface area contributed by atoms with Crippen LogP contribution in [0.2, 0.25) is 0 Å². The second-order valence-corrected chi connectivity index (χ2v) is 24.1. The van der Waals surface area contributed by atoms with Crippen LogP contribution in [-0.2, 0) is 0 Å². The van der Waals surface area contributed by atoms with Crippen molar-refractivity contribution in [3.8, 4) is 0 Å². The molecule has 0 spiro atoms. The smallest absolute Gasteiger partial charge is 0.252 e. The van der Waals surface area contributed by atoms with Gasteiger partial charge in [0.25, 0.3) is 13.4 Å². The molecule has 0 atom stereocenters. The van der Waals surface area contributed by atoms with Crippen molar-refractivity contribution in [3.05, 3.63) is 248 Å². The largest absolute Gasteiger partial charge is 0.312 e. The molecule has 0 aliphatic carbocycles. The maximum atomic E-state index is 2.74. The lowest BCUT2D eigenvalue weighted by atomic mass is 9.28. The van der Waals surface area contributed by atoms with E-state index in [0.29, 0.717) is 11.8 Å². The summed E-state index contributed by atoms with van der Waals surface area (Å²) in [6.45, 7) is 9.35. The molecule has 376 valence electrons. The molecule has 0 unspecified atom stereocenters. The van der Waals surface area contributed by atoms with E-state index in [2.05, 4.69) is 284 Å². The van der Waals surface area contributed by atoms with Gasteiger partial charge < -0.3 is 19.6 Å². The lowest BCUT2D eigenvalue weighted by Crippen LogP contribution is -2.69. The fourth-order valence-electron chi connectivity index (χ4n) is 15.1. The Morgan fingerprint density at radius 3 is 1.26 bits per heavy atom. The number of anilines is 12. The van der Waals surface area contributed by atoms with E-state index in [9.17, 15) is 0 Å². The molecule has 4 nitrogen and oxygen atoms in total. The van der Waals surface area contributed by atoms with Crippen LogP contribution < -0.4 is 68.8 Å². The van der Waals surface area contributed by atoms with Gasteiger partial charge in [0.05, 0.1) is 5.69 Å². The molecule has 5 aliphatic heterocycles.